The van der Waals surface area contributed by atoms with Crippen LogP contribution in [-0.2, 0) is 4.79 Å². The minimum absolute atomic E-state index is 0.0699. The van der Waals surface area contributed by atoms with E-state index in [1.807, 2.05) is 7.05 Å². The van der Waals surface area contributed by atoms with Gasteiger partial charge < -0.3 is 5.32 Å². The van der Waals surface area contributed by atoms with Crippen molar-refractivity contribution in [3.8, 4) is 6.07 Å². The van der Waals surface area contributed by atoms with Gasteiger partial charge in [-0.05, 0) is 38.1 Å². The predicted octanol–water partition coefficient (Wildman–Crippen LogP) is 2.80. The van der Waals surface area contributed by atoms with E-state index < -0.39 is 0 Å². The second-order valence-electron chi connectivity index (χ2n) is 6.88. The molecule has 0 aliphatic heterocycles. The number of nitriles is 1. The Hall–Kier alpha value is -1.08. The van der Waals surface area contributed by atoms with E-state index in [4.69, 9.17) is 0 Å². The van der Waals surface area contributed by atoms with Crippen LogP contribution in [0.15, 0.2) is 0 Å². The molecule has 21 heavy (non-hydrogen) atoms. The van der Waals surface area contributed by atoms with E-state index in [1.54, 1.807) is 0 Å². The summed E-state index contributed by atoms with van der Waals surface area (Å²) in [5.74, 6) is 1.32. The molecule has 0 aromatic carbocycles. The Balaban J connectivity index is 2.53. The van der Waals surface area contributed by atoms with Crippen LogP contribution in [-0.4, -0.2) is 37.0 Å². The SMILES string of the molecule is CCCC1CCC(C#N)C(N(C)CC(=O)NCC(C)C)C1. The Morgan fingerprint density at radius 2 is 2.14 bits per heavy atom. The van der Waals surface area contributed by atoms with Crippen molar-refractivity contribution in [2.45, 2.75) is 58.9 Å². The quantitative estimate of drug-likeness (QED) is 0.785. The maximum Gasteiger partial charge on any atom is 0.234 e. The highest BCUT2D eigenvalue weighted by molar-refractivity contribution is 5.78. The van der Waals surface area contributed by atoms with Crippen molar-refractivity contribution < 1.29 is 4.79 Å². The molecule has 4 nitrogen and oxygen atoms in total. The molecule has 1 rings (SSSR count). The third kappa shape index (κ3) is 6.05. The number of amides is 1. The second kappa shape index (κ2) is 9.04. The zero-order valence-electron chi connectivity index (χ0n) is 14.1. The maximum atomic E-state index is 12.0. The van der Waals surface area contributed by atoms with Gasteiger partial charge in [-0.15, -0.1) is 0 Å². The molecule has 1 amide bonds. The lowest BCUT2D eigenvalue weighted by Crippen LogP contribution is -2.46. The molecule has 0 heterocycles. The normalized spacial score (nSPS) is 25.9. The van der Waals surface area contributed by atoms with E-state index in [1.165, 1.54) is 12.8 Å². The summed E-state index contributed by atoms with van der Waals surface area (Å²) in [5.41, 5.74) is 0. The highest BCUT2D eigenvalue weighted by Crippen LogP contribution is 2.33. The van der Waals surface area contributed by atoms with E-state index in [-0.39, 0.29) is 17.9 Å². The molecule has 0 bridgehead atoms. The first kappa shape index (κ1) is 18.0. The van der Waals surface area contributed by atoms with Gasteiger partial charge in [-0.3, -0.25) is 9.69 Å². The third-order valence-electron chi connectivity index (χ3n) is 4.45. The van der Waals surface area contributed by atoms with E-state index in [9.17, 15) is 10.1 Å². The summed E-state index contributed by atoms with van der Waals surface area (Å²) in [6, 6.07) is 2.67. The number of carbonyl (C=O) groups excluding carboxylic acids is 1. The maximum absolute atomic E-state index is 12.0. The predicted molar refractivity (Wildman–Crippen MR) is 85.6 cm³/mol. The zero-order chi connectivity index (χ0) is 15.8. The molecular formula is C17H31N3O. The smallest absolute Gasteiger partial charge is 0.234 e. The second-order valence-corrected chi connectivity index (χ2v) is 6.88. The van der Waals surface area contributed by atoms with E-state index >= 15 is 0 Å². The van der Waals surface area contributed by atoms with Crippen LogP contribution >= 0.6 is 0 Å². The van der Waals surface area contributed by atoms with Crippen LogP contribution in [0.2, 0.25) is 0 Å². The molecule has 0 spiro atoms. The Labute approximate surface area is 129 Å². The molecule has 0 aromatic rings. The fourth-order valence-electron chi connectivity index (χ4n) is 3.26. The fourth-order valence-corrected chi connectivity index (χ4v) is 3.26. The standard InChI is InChI=1S/C17H31N3O/c1-5-6-14-7-8-15(10-18)16(9-14)20(4)12-17(21)19-11-13(2)3/h13-16H,5-9,11-12H2,1-4H3,(H,19,21). The highest BCUT2D eigenvalue weighted by atomic mass is 16.2. The van der Waals surface area contributed by atoms with Crippen molar-refractivity contribution >= 4 is 5.91 Å². The average molecular weight is 293 g/mol. The van der Waals surface area contributed by atoms with Crippen molar-refractivity contribution in [3.63, 3.8) is 0 Å². The molecule has 4 heteroatoms. The first-order valence-corrected chi connectivity index (χ1v) is 8.34. The number of likely N-dealkylation sites (N-methyl/N-ethyl adjacent to an activating group) is 1. The van der Waals surface area contributed by atoms with Gasteiger partial charge in [0.15, 0.2) is 0 Å². The molecule has 1 N–H and O–H groups in total. The summed E-state index contributed by atoms with van der Waals surface area (Å²) in [4.78, 5) is 14.1. The Morgan fingerprint density at radius 3 is 2.71 bits per heavy atom. The third-order valence-corrected chi connectivity index (χ3v) is 4.45. The lowest BCUT2D eigenvalue weighted by atomic mass is 9.76. The summed E-state index contributed by atoms with van der Waals surface area (Å²) in [6.45, 7) is 7.51. The molecule has 3 atom stereocenters. The van der Waals surface area contributed by atoms with Crippen LogP contribution < -0.4 is 5.32 Å². The number of hydrogen-bond acceptors (Lipinski definition) is 3. The summed E-state index contributed by atoms with van der Waals surface area (Å²) in [6.07, 6.45) is 5.63. The monoisotopic (exact) mass is 293 g/mol. The van der Waals surface area contributed by atoms with E-state index in [2.05, 4.69) is 37.1 Å². The number of carbonyl (C=O) groups is 1. The lowest BCUT2D eigenvalue weighted by Gasteiger charge is -2.38. The van der Waals surface area contributed by atoms with Gasteiger partial charge in [0.2, 0.25) is 5.91 Å². The van der Waals surface area contributed by atoms with Crippen molar-refractivity contribution in [3.05, 3.63) is 0 Å². The van der Waals surface area contributed by atoms with Gasteiger partial charge in [0.05, 0.1) is 18.5 Å². The van der Waals surface area contributed by atoms with Gasteiger partial charge in [0.25, 0.3) is 0 Å². The average Bonchev–Trinajstić information content (AvgIpc) is 2.45. The lowest BCUT2D eigenvalue weighted by molar-refractivity contribution is -0.123. The summed E-state index contributed by atoms with van der Waals surface area (Å²) < 4.78 is 0. The van der Waals surface area contributed by atoms with Gasteiger partial charge in [0, 0.05) is 12.6 Å². The molecule has 0 radical (unpaired) electrons. The van der Waals surface area contributed by atoms with Crippen molar-refractivity contribution in [1.29, 1.82) is 5.26 Å². The fraction of sp³-hybridized carbons (Fsp3) is 0.882. The summed E-state index contributed by atoms with van der Waals surface area (Å²) >= 11 is 0. The topological polar surface area (TPSA) is 56.1 Å². The molecule has 0 saturated heterocycles. The molecule has 1 aliphatic rings. The summed E-state index contributed by atoms with van der Waals surface area (Å²) in [5, 5.41) is 12.3. The first-order chi connectivity index (χ1) is 9.97. The number of nitrogens with one attached hydrogen (secondary N) is 1. The van der Waals surface area contributed by atoms with Gasteiger partial charge in [-0.25, -0.2) is 0 Å². The Bertz CT molecular complexity index is 362. The molecule has 120 valence electrons. The van der Waals surface area contributed by atoms with E-state index in [0.717, 1.165) is 25.8 Å². The number of nitrogens with zero attached hydrogens (tertiary/aromatic N) is 2. The number of hydrogen-bond donors (Lipinski definition) is 1. The van der Waals surface area contributed by atoms with Crippen LogP contribution in [0.1, 0.15) is 52.9 Å². The first-order valence-electron chi connectivity index (χ1n) is 8.34. The van der Waals surface area contributed by atoms with Gasteiger partial charge in [0.1, 0.15) is 0 Å². The largest absolute Gasteiger partial charge is 0.355 e. The Kier molecular flexibility index (Phi) is 7.74. The van der Waals surface area contributed by atoms with Gasteiger partial charge >= 0.3 is 0 Å². The van der Waals surface area contributed by atoms with Crippen molar-refractivity contribution in [2.75, 3.05) is 20.1 Å². The molecule has 1 fully saturated rings. The van der Waals surface area contributed by atoms with E-state index in [0.29, 0.717) is 18.4 Å². The van der Waals surface area contributed by atoms with Crippen LogP contribution in [0.4, 0.5) is 0 Å². The molecule has 3 unspecified atom stereocenters. The van der Waals surface area contributed by atoms with Gasteiger partial charge in [-0.1, -0.05) is 33.6 Å². The molecule has 1 aliphatic carbocycles. The van der Waals surface area contributed by atoms with Crippen LogP contribution in [0, 0.1) is 29.1 Å². The Morgan fingerprint density at radius 1 is 1.43 bits per heavy atom. The van der Waals surface area contributed by atoms with Crippen LogP contribution in [0.3, 0.4) is 0 Å². The van der Waals surface area contributed by atoms with Crippen molar-refractivity contribution in [2.24, 2.45) is 17.8 Å². The highest BCUT2D eigenvalue weighted by Gasteiger charge is 2.33. The van der Waals surface area contributed by atoms with Gasteiger partial charge in [-0.2, -0.15) is 5.26 Å². The minimum atomic E-state index is 0.0699. The number of rotatable bonds is 7. The summed E-state index contributed by atoms with van der Waals surface area (Å²) in [7, 11) is 1.98. The molecular weight excluding hydrogens is 262 g/mol. The zero-order valence-corrected chi connectivity index (χ0v) is 14.1. The van der Waals surface area contributed by atoms with Crippen molar-refractivity contribution in [1.82, 2.24) is 10.2 Å². The van der Waals surface area contributed by atoms with Crippen LogP contribution in [0.25, 0.3) is 0 Å². The minimum Gasteiger partial charge on any atom is -0.355 e. The molecule has 1 saturated carbocycles. The molecule has 0 aromatic heterocycles. The van der Waals surface area contributed by atoms with Crippen LogP contribution in [0.5, 0.6) is 0 Å².